The monoisotopic (exact) mass is 306 g/mol. The first-order chi connectivity index (χ1) is 10.7. The zero-order chi connectivity index (χ0) is 15.6. The molecule has 0 radical (unpaired) electrons. The average molecular weight is 306 g/mol. The number of nitrogens with zero attached hydrogens (tertiary/aromatic N) is 3. The molecule has 122 valence electrons. The first-order valence-electron chi connectivity index (χ1n) is 8.43. The Bertz CT molecular complexity index is 496. The molecule has 1 spiro atoms. The lowest BCUT2D eigenvalue weighted by atomic mass is 9.55. The molecule has 3 unspecified atom stereocenters. The molecule has 1 amide bonds. The molecular weight excluding hydrogens is 280 g/mol. The molecule has 6 nitrogen and oxygen atoms in total. The summed E-state index contributed by atoms with van der Waals surface area (Å²) in [5, 5.41) is 7.30. The molecule has 0 bridgehead atoms. The maximum atomic E-state index is 12.5. The number of rotatable bonds is 5. The smallest absolute Gasteiger partial charge is 0.244 e. The Balaban J connectivity index is 1.65. The summed E-state index contributed by atoms with van der Waals surface area (Å²) in [5.41, 5.74) is 0.159. The molecular formula is C16H26N4O2. The van der Waals surface area contributed by atoms with Crippen LogP contribution in [0.4, 0.5) is 0 Å². The summed E-state index contributed by atoms with van der Waals surface area (Å²) < 4.78 is 7.54. The van der Waals surface area contributed by atoms with Gasteiger partial charge in [-0.1, -0.05) is 19.3 Å². The lowest BCUT2D eigenvalue weighted by Gasteiger charge is -2.57. The molecule has 0 aromatic carbocycles. The van der Waals surface area contributed by atoms with Gasteiger partial charge in [0.25, 0.3) is 0 Å². The molecule has 3 rings (SSSR count). The highest BCUT2D eigenvalue weighted by Gasteiger charge is 2.56. The fraction of sp³-hybridized carbons (Fsp3) is 0.812. The van der Waals surface area contributed by atoms with Gasteiger partial charge < -0.3 is 10.1 Å². The van der Waals surface area contributed by atoms with E-state index in [1.54, 1.807) is 11.0 Å². The van der Waals surface area contributed by atoms with Crippen LogP contribution in [0, 0.1) is 5.41 Å². The Morgan fingerprint density at radius 1 is 1.45 bits per heavy atom. The van der Waals surface area contributed by atoms with E-state index in [4.69, 9.17) is 4.74 Å². The zero-order valence-electron chi connectivity index (χ0n) is 13.5. The predicted molar refractivity (Wildman–Crippen MR) is 82.2 cm³/mol. The first-order valence-corrected chi connectivity index (χ1v) is 8.43. The van der Waals surface area contributed by atoms with Crippen molar-refractivity contribution >= 4 is 5.91 Å². The standard InChI is InChI=1S/C16H26N4O2/c1-3-22-14-9-13(16(14)7-5-4-6-8-16)19-15(21)12(2)20-11-17-10-18-20/h10-14H,3-9H2,1-2H3,(H,19,21). The largest absolute Gasteiger partial charge is 0.378 e. The highest BCUT2D eigenvalue weighted by molar-refractivity contribution is 5.80. The molecule has 2 saturated carbocycles. The number of hydrogen-bond donors (Lipinski definition) is 1. The topological polar surface area (TPSA) is 69.0 Å². The fourth-order valence-electron chi connectivity index (χ4n) is 4.10. The van der Waals surface area contributed by atoms with Gasteiger partial charge in [-0.2, -0.15) is 5.10 Å². The lowest BCUT2D eigenvalue weighted by Crippen LogP contribution is -2.65. The van der Waals surface area contributed by atoms with Crippen molar-refractivity contribution in [3.63, 3.8) is 0 Å². The maximum absolute atomic E-state index is 12.5. The molecule has 3 atom stereocenters. The van der Waals surface area contributed by atoms with E-state index in [0.29, 0.717) is 6.10 Å². The van der Waals surface area contributed by atoms with Gasteiger partial charge in [0.2, 0.25) is 5.91 Å². The van der Waals surface area contributed by atoms with Gasteiger partial charge in [0.05, 0.1) is 6.10 Å². The van der Waals surface area contributed by atoms with Crippen molar-refractivity contribution < 1.29 is 9.53 Å². The van der Waals surface area contributed by atoms with Gasteiger partial charge in [-0.25, -0.2) is 9.67 Å². The summed E-state index contributed by atoms with van der Waals surface area (Å²) in [6.45, 7) is 4.66. The number of carbonyl (C=O) groups is 1. The van der Waals surface area contributed by atoms with E-state index in [1.807, 2.05) is 6.92 Å². The summed E-state index contributed by atoms with van der Waals surface area (Å²) in [7, 11) is 0. The third-order valence-corrected chi connectivity index (χ3v) is 5.47. The third-order valence-electron chi connectivity index (χ3n) is 5.47. The SMILES string of the molecule is CCOC1CC(NC(=O)C(C)n2cncn2)C12CCCCC2. The molecule has 2 fully saturated rings. The van der Waals surface area contributed by atoms with Crippen molar-refractivity contribution in [3.05, 3.63) is 12.7 Å². The van der Waals surface area contributed by atoms with E-state index in [-0.39, 0.29) is 23.4 Å². The molecule has 0 saturated heterocycles. The Morgan fingerprint density at radius 2 is 2.23 bits per heavy atom. The summed E-state index contributed by atoms with van der Waals surface area (Å²) in [6, 6.07) is -0.0860. The zero-order valence-corrected chi connectivity index (χ0v) is 13.5. The van der Waals surface area contributed by atoms with Gasteiger partial charge >= 0.3 is 0 Å². The molecule has 22 heavy (non-hydrogen) atoms. The van der Waals surface area contributed by atoms with Gasteiger partial charge in [0, 0.05) is 18.1 Å². The van der Waals surface area contributed by atoms with Crippen LogP contribution in [-0.2, 0) is 9.53 Å². The van der Waals surface area contributed by atoms with Gasteiger partial charge in [-0.05, 0) is 33.1 Å². The number of ether oxygens (including phenoxy) is 1. The van der Waals surface area contributed by atoms with E-state index in [2.05, 4.69) is 22.3 Å². The molecule has 1 heterocycles. The van der Waals surface area contributed by atoms with Crippen molar-refractivity contribution in [2.24, 2.45) is 5.41 Å². The van der Waals surface area contributed by atoms with E-state index in [9.17, 15) is 4.79 Å². The number of carbonyl (C=O) groups excluding carboxylic acids is 1. The van der Waals surface area contributed by atoms with Crippen LogP contribution in [0.25, 0.3) is 0 Å². The van der Waals surface area contributed by atoms with E-state index < -0.39 is 0 Å². The summed E-state index contributed by atoms with van der Waals surface area (Å²) in [5.74, 6) is 0.0235. The van der Waals surface area contributed by atoms with Crippen LogP contribution in [0.2, 0.25) is 0 Å². The lowest BCUT2D eigenvalue weighted by molar-refractivity contribution is -0.158. The van der Waals surface area contributed by atoms with Crippen LogP contribution in [-0.4, -0.2) is 39.4 Å². The summed E-state index contributed by atoms with van der Waals surface area (Å²) >= 11 is 0. The molecule has 1 aromatic heterocycles. The third kappa shape index (κ3) is 2.64. The predicted octanol–water partition coefficient (Wildman–Crippen LogP) is 2.08. The molecule has 1 N–H and O–H groups in total. The Kier molecular flexibility index (Phi) is 4.47. The first kappa shape index (κ1) is 15.5. The van der Waals surface area contributed by atoms with Crippen LogP contribution in [0.5, 0.6) is 0 Å². The van der Waals surface area contributed by atoms with Gasteiger partial charge in [-0.3, -0.25) is 4.79 Å². The maximum Gasteiger partial charge on any atom is 0.244 e. The van der Waals surface area contributed by atoms with Gasteiger partial charge in [-0.15, -0.1) is 0 Å². The van der Waals surface area contributed by atoms with E-state index in [0.717, 1.165) is 13.0 Å². The van der Waals surface area contributed by atoms with E-state index in [1.165, 1.54) is 38.4 Å². The second-order valence-electron chi connectivity index (χ2n) is 6.59. The highest BCUT2D eigenvalue weighted by atomic mass is 16.5. The molecule has 1 aromatic rings. The molecule has 2 aliphatic rings. The van der Waals surface area contributed by atoms with Crippen LogP contribution >= 0.6 is 0 Å². The van der Waals surface area contributed by atoms with E-state index >= 15 is 0 Å². The molecule has 2 aliphatic carbocycles. The fourth-order valence-corrected chi connectivity index (χ4v) is 4.10. The summed E-state index contributed by atoms with van der Waals surface area (Å²) in [6.07, 6.45) is 10.4. The minimum absolute atomic E-state index is 0.0235. The Hall–Kier alpha value is -1.43. The quantitative estimate of drug-likeness (QED) is 0.904. The second kappa shape index (κ2) is 6.36. The number of nitrogens with one attached hydrogen (secondary N) is 1. The van der Waals surface area contributed by atoms with Crippen LogP contribution < -0.4 is 5.32 Å². The van der Waals surface area contributed by atoms with Crippen molar-refractivity contribution in [2.75, 3.05) is 6.61 Å². The van der Waals surface area contributed by atoms with Crippen molar-refractivity contribution in [3.8, 4) is 0 Å². The van der Waals surface area contributed by atoms with Crippen molar-refractivity contribution in [1.29, 1.82) is 0 Å². The highest BCUT2D eigenvalue weighted by Crippen LogP contribution is 2.53. The molecule has 6 heteroatoms. The number of hydrogen-bond acceptors (Lipinski definition) is 4. The summed E-state index contributed by atoms with van der Waals surface area (Å²) in [4.78, 5) is 16.4. The van der Waals surface area contributed by atoms with Crippen LogP contribution in [0.15, 0.2) is 12.7 Å². The average Bonchev–Trinajstić information content (AvgIpc) is 3.08. The van der Waals surface area contributed by atoms with Gasteiger partial charge in [0.1, 0.15) is 18.7 Å². The number of amides is 1. The van der Waals surface area contributed by atoms with Crippen LogP contribution in [0.1, 0.15) is 58.4 Å². The number of aromatic nitrogens is 3. The van der Waals surface area contributed by atoms with Crippen molar-refractivity contribution in [1.82, 2.24) is 20.1 Å². The minimum atomic E-state index is -0.325. The second-order valence-corrected chi connectivity index (χ2v) is 6.59. The van der Waals surface area contributed by atoms with Gasteiger partial charge in [0.15, 0.2) is 0 Å². The molecule has 0 aliphatic heterocycles. The Labute approximate surface area is 131 Å². The van der Waals surface area contributed by atoms with Crippen LogP contribution in [0.3, 0.4) is 0 Å². The minimum Gasteiger partial charge on any atom is -0.378 e. The van der Waals surface area contributed by atoms with Crippen molar-refractivity contribution in [2.45, 2.75) is 70.6 Å². The normalized spacial score (nSPS) is 28.1. The Morgan fingerprint density at radius 3 is 2.86 bits per heavy atom.